The molecule has 0 aliphatic carbocycles. The summed E-state index contributed by atoms with van der Waals surface area (Å²) in [4.78, 5) is 0.414. The van der Waals surface area contributed by atoms with Crippen LogP contribution in [-0.4, -0.2) is 47.9 Å². The lowest BCUT2D eigenvalue weighted by Gasteiger charge is -2.36. The van der Waals surface area contributed by atoms with Gasteiger partial charge in [0.05, 0.1) is 0 Å². The lowest BCUT2D eigenvalue weighted by molar-refractivity contribution is 0.387. The molecule has 0 atom stereocenters. The van der Waals surface area contributed by atoms with Crippen LogP contribution >= 0.6 is 11.8 Å². The van der Waals surface area contributed by atoms with Gasteiger partial charge in [-0.25, -0.2) is 8.42 Å². The Labute approximate surface area is 132 Å². The Kier molecular flexibility index (Phi) is 5.07. The second-order valence-corrected chi connectivity index (χ2v) is 9.67. The highest BCUT2D eigenvalue weighted by Gasteiger charge is 2.35. The first-order chi connectivity index (χ1) is 9.80. The van der Waals surface area contributed by atoms with Crippen LogP contribution in [0, 0.1) is 0 Å². The molecule has 0 unspecified atom stereocenters. The first kappa shape index (κ1) is 16.9. The molecule has 7 heteroatoms. The van der Waals surface area contributed by atoms with Crippen molar-refractivity contribution in [2.24, 2.45) is 0 Å². The second kappa shape index (κ2) is 6.32. The minimum Gasteiger partial charge on any atom is -0.349 e. The molecule has 1 aromatic heterocycles. The van der Waals surface area contributed by atoms with Crippen LogP contribution in [-0.2, 0) is 23.1 Å². The Morgan fingerprint density at radius 1 is 1.43 bits per heavy atom. The Hall–Kier alpha value is -0.500. The highest BCUT2D eigenvalue weighted by molar-refractivity contribution is 8.00. The van der Waals surface area contributed by atoms with Crippen molar-refractivity contribution in [2.75, 3.05) is 25.9 Å². The van der Waals surface area contributed by atoms with E-state index in [1.807, 2.05) is 30.3 Å². The summed E-state index contributed by atoms with van der Waals surface area (Å²) in [5.74, 6) is 0.851. The first-order valence-corrected chi connectivity index (χ1v) is 9.70. The fourth-order valence-electron chi connectivity index (χ4n) is 2.62. The van der Waals surface area contributed by atoms with Crippen molar-refractivity contribution < 1.29 is 8.42 Å². The summed E-state index contributed by atoms with van der Waals surface area (Å²) in [5, 5.41) is 3.08. The average molecular weight is 332 g/mol. The molecule has 0 aromatic carbocycles. The molecule has 1 N–H and O–H groups in total. The Bertz CT molecular complexity index is 593. The molecule has 0 spiro atoms. The van der Waals surface area contributed by atoms with Crippen molar-refractivity contribution >= 4 is 21.8 Å². The molecule has 1 aliphatic heterocycles. The van der Waals surface area contributed by atoms with Crippen LogP contribution in [0.4, 0.5) is 0 Å². The number of nitrogens with one attached hydrogen (secondary N) is 1. The van der Waals surface area contributed by atoms with Gasteiger partial charge in [0.2, 0.25) is 10.0 Å². The van der Waals surface area contributed by atoms with Gasteiger partial charge in [-0.3, -0.25) is 0 Å². The van der Waals surface area contributed by atoms with E-state index in [0.29, 0.717) is 24.5 Å². The second-order valence-electron chi connectivity index (χ2n) is 5.93. The summed E-state index contributed by atoms with van der Waals surface area (Å²) in [6.45, 7) is 8.83. The number of hydrogen-bond acceptors (Lipinski definition) is 4. The Morgan fingerprint density at radius 3 is 2.71 bits per heavy atom. The average Bonchev–Trinajstić information content (AvgIpc) is 2.82. The van der Waals surface area contributed by atoms with E-state index in [4.69, 9.17) is 0 Å². The van der Waals surface area contributed by atoms with E-state index in [-0.39, 0.29) is 4.75 Å². The van der Waals surface area contributed by atoms with E-state index in [1.165, 1.54) is 0 Å². The quantitative estimate of drug-likeness (QED) is 0.893. The summed E-state index contributed by atoms with van der Waals surface area (Å²) in [6, 6.07) is 1.80. The van der Waals surface area contributed by atoms with Crippen LogP contribution in [0.5, 0.6) is 0 Å². The van der Waals surface area contributed by atoms with Gasteiger partial charge >= 0.3 is 0 Å². The van der Waals surface area contributed by atoms with Crippen molar-refractivity contribution in [1.82, 2.24) is 14.2 Å². The summed E-state index contributed by atoms with van der Waals surface area (Å²) < 4.78 is 29.3. The zero-order chi connectivity index (χ0) is 15.7. The van der Waals surface area contributed by atoms with Crippen molar-refractivity contribution in [2.45, 2.75) is 43.5 Å². The van der Waals surface area contributed by atoms with Crippen molar-refractivity contribution in [3.63, 3.8) is 0 Å². The molecular weight excluding hydrogens is 306 g/mol. The third-order valence-electron chi connectivity index (χ3n) is 3.69. The molecule has 21 heavy (non-hydrogen) atoms. The molecule has 0 amide bonds. The molecule has 5 nitrogen and oxygen atoms in total. The van der Waals surface area contributed by atoms with Gasteiger partial charge in [0.15, 0.2) is 0 Å². The van der Waals surface area contributed by atoms with Crippen molar-refractivity contribution in [1.29, 1.82) is 0 Å². The predicted octanol–water partition coefficient (Wildman–Crippen LogP) is 1.74. The maximum absolute atomic E-state index is 12.8. The number of sulfonamides is 1. The topological polar surface area (TPSA) is 54.3 Å². The third kappa shape index (κ3) is 3.64. The molecule has 1 saturated heterocycles. The van der Waals surface area contributed by atoms with Gasteiger partial charge in [-0.1, -0.05) is 0 Å². The van der Waals surface area contributed by atoms with Crippen molar-refractivity contribution in [3.05, 3.63) is 18.0 Å². The summed E-state index contributed by atoms with van der Waals surface area (Å²) in [5.41, 5.74) is 1.00. The Balaban J connectivity index is 2.31. The van der Waals surface area contributed by atoms with Gasteiger partial charge in [-0.2, -0.15) is 16.1 Å². The number of nitrogens with zero attached hydrogens (tertiary/aromatic N) is 2. The molecule has 0 radical (unpaired) electrons. The molecule has 0 saturated carbocycles. The van der Waals surface area contributed by atoms with Gasteiger partial charge in [0.1, 0.15) is 4.90 Å². The van der Waals surface area contributed by atoms with Crippen LogP contribution < -0.4 is 5.32 Å². The van der Waals surface area contributed by atoms with Gasteiger partial charge in [-0.05, 0) is 33.9 Å². The normalized spacial score (nSPS) is 19.8. The smallest absolute Gasteiger partial charge is 0.244 e. The zero-order valence-corrected chi connectivity index (χ0v) is 14.9. The van der Waals surface area contributed by atoms with Gasteiger partial charge in [0.25, 0.3) is 0 Å². The maximum atomic E-state index is 12.8. The number of aromatic nitrogens is 1. The highest BCUT2D eigenvalue weighted by Crippen LogP contribution is 2.32. The minimum atomic E-state index is -3.39. The number of rotatable bonds is 5. The molecule has 1 aliphatic rings. The fourth-order valence-corrected chi connectivity index (χ4v) is 5.59. The van der Waals surface area contributed by atoms with E-state index < -0.39 is 10.0 Å². The number of thioether (sulfide) groups is 1. The SMILES string of the molecule is CCn1cc(S(=O)(=O)N2CCSC(C)(C)C2)cc1CNC. The summed E-state index contributed by atoms with van der Waals surface area (Å²) >= 11 is 1.84. The molecule has 2 heterocycles. The van der Waals surface area contributed by atoms with Gasteiger partial charge in [0, 0.05) is 48.6 Å². The van der Waals surface area contributed by atoms with E-state index in [0.717, 1.165) is 18.0 Å². The summed E-state index contributed by atoms with van der Waals surface area (Å²) in [6.07, 6.45) is 1.76. The van der Waals surface area contributed by atoms with Crippen molar-refractivity contribution in [3.8, 4) is 0 Å². The monoisotopic (exact) mass is 331 g/mol. The third-order valence-corrected chi connectivity index (χ3v) is 6.80. The predicted molar refractivity (Wildman–Crippen MR) is 88.2 cm³/mol. The van der Waals surface area contributed by atoms with Crippen LogP contribution in [0.25, 0.3) is 0 Å². The van der Waals surface area contributed by atoms with E-state index >= 15 is 0 Å². The zero-order valence-electron chi connectivity index (χ0n) is 13.2. The Morgan fingerprint density at radius 2 is 2.14 bits per heavy atom. The first-order valence-electron chi connectivity index (χ1n) is 7.28. The lowest BCUT2D eigenvalue weighted by Crippen LogP contribution is -2.45. The highest BCUT2D eigenvalue weighted by atomic mass is 32.2. The molecule has 0 bridgehead atoms. The van der Waals surface area contributed by atoms with Crippen LogP contribution in [0.1, 0.15) is 26.5 Å². The van der Waals surface area contributed by atoms with Crippen LogP contribution in [0.2, 0.25) is 0 Å². The van der Waals surface area contributed by atoms with E-state index in [9.17, 15) is 8.42 Å². The molecule has 1 fully saturated rings. The van der Waals surface area contributed by atoms with Gasteiger partial charge < -0.3 is 9.88 Å². The molecule has 120 valence electrons. The van der Waals surface area contributed by atoms with Crippen LogP contribution in [0.15, 0.2) is 17.2 Å². The molecular formula is C14H25N3O2S2. The van der Waals surface area contributed by atoms with Crippen LogP contribution in [0.3, 0.4) is 0 Å². The van der Waals surface area contributed by atoms with E-state index in [1.54, 1.807) is 16.6 Å². The molecule has 1 aromatic rings. The largest absolute Gasteiger partial charge is 0.349 e. The van der Waals surface area contributed by atoms with Gasteiger partial charge in [-0.15, -0.1) is 0 Å². The number of aryl methyl sites for hydroxylation is 1. The minimum absolute atomic E-state index is 0.0214. The number of hydrogen-bond donors (Lipinski definition) is 1. The summed E-state index contributed by atoms with van der Waals surface area (Å²) in [7, 11) is -1.53. The fraction of sp³-hybridized carbons (Fsp3) is 0.714. The maximum Gasteiger partial charge on any atom is 0.244 e. The lowest BCUT2D eigenvalue weighted by atomic mass is 10.2. The standard InChI is InChI=1S/C14H25N3O2S2/c1-5-16-10-13(8-12(16)9-15-4)21(18,19)17-6-7-20-14(2,3)11-17/h8,10,15H,5-7,9,11H2,1-4H3. The van der Waals surface area contributed by atoms with E-state index in [2.05, 4.69) is 19.2 Å². The molecule has 2 rings (SSSR count).